The van der Waals surface area contributed by atoms with Crippen LogP contribution in [0.25, 0.3) is 0 Å². The first-order valence-electron chi connectivity index (χ1n) is 8.07. The molecule has 1 unspecified atom stereocenters. The van der Waals surface area contributed by atoms with E-state index in [2.05, 4.69) is 5.32 Å². The van der Waals surface area contributed by atoms with Crippen molar-refractivity contribution in [3.05, 3.63) is 12.2 Å². The van der Waals surface area contributed by atoms with Crippen molar-refractivity contribution in [3.8, 4) is 0 Å². The van der Waals surface area contributed by atoms with Gasteiger partial charge in [-0.05, 0) is 19.3 Å². The smallest absolute Gasteiger partial charge is 0.306 e. The van der Waals surface area contributed by atoms with Crippen LogP contribution in [0.4, 0.5) is 0 Å². The molecule has 0 spiro atoms. The van der Waals surface area contributed by atoms with Crippen LogP contribution in [0.1, 0.15) is 39.0 Å². The fourth-order valence-corrected chi connectivity index (χ4v) is 3.09. The fourth-order valence-electron chi connectivity index (χ4n) is 3.09. The molecule has 4 N–H and O–H groups in total. The normalized spacial score (nSPS) is 41.4. The monoisotopic (exact) mass is 327 g/mol. The third-order valence-electron chi connectivity index (χ3n) is 4.73. The Hall–Kier alpha value is -1.44. The van der Waals surface area contributed by atoms with Crippen LogP contribution >= 0.6 is 0 Å². The lowest BCUT2D eigenvalue weighted by atomic mass is 9.71. The number of hydrogen-bond donors (Lipinski definition) is 4. The summed E-state index contributed by atoms with van der Waals surface area (Å²) in [6.07, 6.45) is 2.13. The zero-order valence-corrected chi connectivity index (χ0v) is 13.3. The van der Waals surface area contributed by atoms with E-state index in [1.165, 1.54) is 6.92 Å². The fraction of sp³-hybridized carbons (Fsp3) is 0.750. The predicted octanol–water partition coefficient (Wildman–Crippen LogP) is -0.363. The molecule has 1 heterocycles. The van der Waals surface area contributed by atoms with Gasteiger partial charge >= 0.3 is 5.97 Å². The van der Waals surface area contributed by atoms with E-state index in [1.54, 1.807) is 6.08 Å². The molecule has 1 fully saturated rings. The highest BCUT2D eigenvalue weighted by atomic mass is 16.6. The number of rotatable bonds is 0. The Morgan fingerprint density at radius 1 is 1.22 bits per heavy atom. The summed E-state index contributed by atoms with van der Waals surface area (Å²) >= 11 is 0. The van der Waals surface area contributed by atoms with Gasteiger partial charge in [-0.25, -0.2) is 0 Å². The number of carbonyl (C=O) groups excluding carboxylic acids is 2. The van der Waals surface area contributed by atoms with E-state index < -0.39 is 41.7 Å². The highest BCUT2D eigenvalue weighted by molar-refractivity contribution is 5.85. The molecule has 0 aromatic rings. The number of aliphatic hydroxyl groups is 3. The summed E-state index contributed by atoms with van der Waals surface area (Å²) < 4.78 is 5.20. The van der Waals surface area contributed by atoms with E-state index in [1.807, 2.05) is 6.08 Å². The third kappa shape index (κ3) is 3.91. The summed E-state index contributed by atoms with van der Waals surface area (Å²) in [6, 6.07) is 0. The molecule has 0 aromatic carbocycles. The number of esters is 1. The Labute approximate surface area is 135 Å². The second-order valence-electron chi connectivity index (χ2n) is 6.35. The topological polar surface area (TPSA) is 116 Å². The van der Waals surface area contributed by atoms with Crippen LogP contribution in [0.15, 0.2) is 12.2 Å². The van der Waals surface area contributed by atoms with Crippen molar-refractivity contribution in [3.63, 3.8) is 0 Å². The largest absolute Gasteiger partial charge is 0.459 e. The standard InChI is InChI=1S/C16H25NO6/c1-10-13(19)14(20)11-9-16(10,22)15(21)17-8-6-4-2-3-5-7-12(18)23-11/h4,6,10-11,13-14,19-20,22H,2-3,5,7-9H2,1H3,(H,17,21)/b6-4-/t10?,11-,13-,14+,16-/m1/s1. The molecule has 5 atom stereocenters. The van der Waals surface area contributed by atoms with Gasteiger partial charge in [0, 0.05) is 25.3 Å². The van der Waals surface area contributed by atoms with Gasteiger partial charge in [0.1, 0.15) is 12.2 Å². The molecule has 2 rings (SSSR count). The summed E-state index contributed by atoms with van der Waals surface area (Å²) in [7, 11) is 0. The molecule has 0 radical (unpaired) electrons. The lowest BCUT2D eigenvalue weighted by Gasteiger charge is -2.45. The Balaban J connectivity index is 2.24. The second kappa shape index (κ2) is 7.42. The molecule has 0 aromatic heterocycles. The van der Waals surface area contributed by atoms with Crippen molar-refractivity contribution in [2.75, 3.05) is 6.54 Å². The summed E-state index contributed by atoms with van der Waals surface area (Å²) in [5, 5.41) is 33.6. The van der Waals surface area contributed by atoms with Crippen molar-refractivity contribution >= 4 is 11.9 Å². The van der Waals surface area contributed by atoms with Crippen LogP contribution in [0.3, 0.4) is 0 Å². The minimum Gasteiger partial charge on any atom is -0.459 e. The van der Waals surface area contributed by atoms with Crippen molar-refractivity contribution in [1.82, 2.24) is 5.32 Å². The lowest BCUT2D eigenvalue weighted by Crippen LogP contribution is -2.64. The zero-order valence-electron chi connectivity index (χ0n) is 13.3. The van der Waals surface area contributed by atoms with Crippen molar-refractivity contribution in [1.29, 1.82) is 0 Å². The average molecular weight is 327 g/mol. The maximum absolute atomic E-state index is 12.3. The van der Waals surface area contributed by atoms with Crippen LogP contribution in [-0.2, 0) is 14.3 Å². The maximum Gasteiger partial charge on any atom is 0.306 e. The molecule has 1 aliphatic heterocycles. The molecule has 1 saturated carbocycles. The van der Waals surface area contributed by atoms with Crippen molar-refractivity contribution in [2.24, 2.45) is 5.92 Å². The van der Waals surface area contributed by atoms with E-state index in [9.17, 15) is 24.9 Å². The van der Waals surface area contributed by atoms with Gasteiger partial charge in [-0.3, -0.25) is 9.59 Å². The highest BCUT2D eigenvalue weighted by Crippen LogP contribution is 2.36. The van der Waals surface area contributed by atoms with Gasteiger partial charge in [0.25, 0.3) is 5.91 Å². The summed E-state index contributed by atoms with van der Waals surface area (Å²) in [4.78, 5) is 24.2. The Kier molecular flexibility index (Phi) is 5.78. The average Bonchev–Trinajstić information content (AvgIpc) is 2.52. The van der Waals surface area contributed by atoms with Gasteiger partial charge in [-0.15, -0.1) is 0 Å². The van der Waals surface area contributed by atoms with Gasteiger partial charge in [-0.1, -0.05) is 19.1 Å². The third-order valence-corrected chi connectivity index (χ3v) is 4.73. The maximum atomic E-state index is 12.3. The summed E-state index contributed by atoms with van der Waals surface area (Å²) in [5.74, 6) is -2.03. The van der Waals surface area contributed by atoms with E-state index in [0.717, 1.165) is 12.8 Å². The highest BCUT2D eigenvalue weighted by Gasteiger charge is 2.55. The van der Waals surface area contributed by atoms with Gasteiger partial charge in [0.2, 0.25) is 0 Å². The number of hydrogen-bond acceptors (Lipinski definition) is 6. The first-order chi connectivity index (χ1) is 10.9. The van der Waals surface area contributed by atoms with Crippen molar-refractivity contribution < 1.29 is 29.6 Å². The van der Waals surface area contributed by atoms with Gasteiger partial charge in [-0.2, -0.15) is 0 Å². The first kappa shape index (κ1) is 17.9. The van der Waals surface area contributed by atoms with E-state index >= 15 is 0 Å². The van der Waals surface area contributed by atoms with E-state index in [-0.39, 0.29) is 19.4 Å². The molecular formula is C16H25NO6. The van der Waals surface area contributed by atoms with Crippen LogP contribution < -0.4 is 5.32 Å². The SMILES string of the molecule is CC1[C@@H](O)[C@@H](O)[C@H]2C[C@]1(O)C(=O)NC/C=C\CCCCC(=O)O2. The van der Waals surface area contributed by atoms with Crippen LogP contribution in [-0.4, -0.2) is 57.7 Å². The number of fused-ring (bicyclic) bond motifs is 2. The Morgan fingerprint density at radius 2 is 1.96 bits per heavy atom. The molecule has 0 saturated heterocycles. The predicted molar refractivity (Wildman–Crippen MR) is 81.2 cm³/mol. The van der Waals surface area contributed by atoms with Crippen LogP contribution in [0, 0.1) is 5.92 Å². The molecular weight excluding hydrogens is 302 g/mol. The van der Waals surface area contributed by atoms with E-state index in [0.29, 0.717) is 6.42 Å². The second-order valence-corrected chi connectivity index (χ2v) is 6.35. The van der Waals surface area contributed by atoms with E-state index in [4.69, 9.17) is 4.74 Å². The number of aliphatic hydroxyl groups excluding tert-OH is 2. The lowest BCUT2D eigenvalue weighted by molar-refractivity contribution is -0.206. The molecule has 1 amide bonds. The number of ether oxygens (including phenoxy) is 1. The summed E-state index contributed by atoms with van der Waals surface area (Å²) in [5.41, 5.74) is -1.90. The van der Waals surface area contributed by atoms with Crippen molar-refractivity contribution in [2.45, 2.75) is 62.9 Å². The number of allylic oxidation sites excluding steroid dienone is 1. The first-order valence-corrected chi connectivity index (χ1v) is 8.07. The number of amides is 1. The quantitative estimate of drug-likeness (QED) is 0.357. The molecule has 23 heavy (non-hydrogen) atoms. The molecule has 2 aliphatic rings. The van der Waals surface area contributed by atoms with Crippen LogP contribution in [0.2, 0.25) is 0 Å². The van der Waals surface area contributed by atoms with Gasteiger partial charge in [0.15, 0.2) is 5.60 Å². The Morgan fingerprint density at radius 3 is 2.70 bits per heavy atom. The molecule has 1 aliphatic carbocycles. The minimum atomic E-state index is -1.90. The number of carbonyl (C=O) groups is 2. The molecule has 130 valence electrons. The zero-order chi connectivity index (χ0) is 17.0. The molecule has 7 nitrogen and oxygen atoms in total. The van der Waals surface area contributed by atoms with Gasteiger partial charge < -0.3 is 25.4 Å². The minimum absolute atomic E-state index is 0.202. The Bertz CT molecular complexity index is 479. The van der Waals surface area contributed by atoms with Crippen LogP contribution in [0.5, 0.6) is 0 Å². The number of nitrogens with one attached hydrogen (secondary N) is 1. The molecule has 7 heteroatoms. The summed E-state index contributed by atoms with van der Waals surface area (Å²) in [6.45, 7) is 1.77. The molecule has 2 bridgehead atoms. The van der Waals surface area contributed by atoms with Gasteiger partial charge in [0.05, 0.1) is 6.10 Å².